The standard InChI is InChI=1S/C15H21FN2O3/c1-15(21)5-8-18(9-6-15)13-3-2-11(10-12(13)16)17-7-4-14(19)20/h2-3,10,17,21H,4-9H2,1H3,(H,19,20). The zero-order valence-corrected chi connectivity index (χ0v) is 12.1. The van der Waals surface area contributed by atoms with Crippen molar-refractivity contribution in [2.45, 2.75) is 31.8 Å². The van der Waals surface area contributed by atoms with Crippen LogP contribution in [0.4, 0.5) is 15.8 Å². The maximum atomic E-state index is 14.2. The van der Waals surface area contributed by atoms with E-state index in [0.717, 1.165) is 0 Å². The van der Waals surface area contributed by atoms with Gasteiger partial charge in [0.1, 0.15) is 5.82 Å². The molecule has 116 valence electrons. The first kappa shape index (κ1) is 15.6. The van der Waals surface area contributed by atoms with Crippen molar-refractivity contribution in [2.75, 3.05) is 29.9 Å². The number of rotatable bonds is 5. The Kier molecular flexibility index (Phi) is 4.67. The first-order valence-corrected chi connectivity index (χ1v) is 7.10. The van der Waals surface area contributed by atoms with Gasteiger partial charge in [-0.3, -0.25) is 4.79 Å². The minimum absolute atomic E-state index is 0.00935. The van der Waals surface area contributed by atoms with Crippen LogP contribution in [0.2, 0.25) is 0 Å². The highest BCUT2D eigenvalue weighted by Gasteiger charge is 2.28. The monoisotopic (exact) mass is 296 g/mol. The fraction of sp³-hybridized carbons (Fsp3) is 0.533. The number of carboxylic acids is 1. The van der Waals surface area contributed by atoms with Crippen LogP contribution in [0.25, 0.3) is 0 Å². The van der Waals surface area contributed by atoms with E-state index < -0.39 is 11.6 Å². The fourth-order valence-corrected chi connectivity index (χ4v) is 2.42. The number of aliphatic carboxylic acids is 1. The van der Waals surface area contributed by atoms with Gasteiger partial charge in [-0.25, -0.2) is 4.39 Å². The predicted octanol–water partition coefficient (Wildman–Crippen LogP) is 2.06. The van der Waals surface area contributed by atoms with Crippen molar-refractivity contribution in [3.05, 3.63) is 24.0 Å². The summed E-state index contributed by atoms with van der Waals surface area (Å²) in [6.07, 6.45) is 1.22. The Balaban J connectivity index is 1.98. The third-order valence-electron chi connectivity index (χ3n) is 3.80. The highest BCUT2D eigenvalue weighted by molar-refractivity contribution is 5.67. The second-order valence-corrected chi connectivity index (χ2v) is 5.72. The second kappa shape index (κ2) is 6.30. The Morgan fingerprint density at radius 1 is 1.43 bits per heavy atom. The molecule has 5 nitrogen and oxygen atoms in total. The number of nitrogens with zero attached hydrogens (tertiary/aromatic N) is 1. The summed E-state index contributed by atoms with van der Waals surface area (Å²) in [6.45, 7) is 3.31. The topological polar surface area (TPSA) is 72.8 Å². The normalized spacial score (nSPS) is 17.6. The summed E-state index contributed by atoms with van der Waals surface area (Å²) in [5, 5.41) is 21.4. The van der Waals surface area contributed by atoms with Gasteiger partial charge in [-0.15, -0.1) is 0 Å². The zero-order valence-electron chi connectivity index (χ0n) is 12.1. The van der Waals surface area contributed by atoms with Gasteiger partial charge in [-0.05, 0) is 38.0 Å². The van der Waals surface area contributed by atoms with Crippen molar-refractivity contribution < 1.29 is 19.4 Å². The van der Waals surface area contributed by atoms with Crippen molar-refractivity contribution in [3.8, 4) is 0 Å². The van der Waals surface area contributed by atoms with Crippen LogP contribution < -0.4 is 10.2 Å². The molecular formula is C15H21FN2O3. The van der Waals surface area contributed by atoms with Crippen LogP contribution in [0, 0.1) is 5.82 Å². The molecule has 2 rings (SSSR count). The van der Waals surface area contributed by atoms with Gasteiger partial charge in [0.05, 0.1) is 17.7 Å². The molecule has 1 fully saturated rings. The number of hydrogen-bond acceptors (Lipinski definition) is 4. The van der Waals surface area contributed by atoms with Gasteiger partial charge in [0.2, 0.25) is 0 Å². The van der Waals surface area contributed by atoms with E-state index in [1.165, 1.54) is 6.07 Å². The molecular weight excluding hydrogens is 275 g/mol. The molecule has 1 aromatic rings. The van der Waals surface area contributed by atoms with E-state index in [9.17, 15) is 14.3 Å². The van der Waals surface area contributed by atoms with Crippen LogP contribution in [-0.2, 0) is 4.79 Å². The fourth-order valence-electron chi connectivity index (χ4n) is 2.42. The van der Waals surface area contributed by atoms with Gasteiger partial charge in [-0.2, -0.15) is 0 Å². The lowest BCUT2D eigenvalue weighted by atomic mass is 9.93. The van der Waals surface area contributed by atoms with Crippen molar-refractivity contribution in [2.24, 2.45) is 0 Å². The minimum Gasteiger partial charge on any atom is -0.481 e. The second-order valence-electron chi connectivity index (χ2n) is 5.72. The largest absolute Gasteiger partial charge is 0.481 e. The Bertz CT molecular complexity index is 510. The van der Waals surface area contributed by atoms with E-state index >= 15 is 0 Å². The molecule has 1 aliphatic rings. The molecule has 0 aliphatic carbocycles. The van der Waals surface area contributed by atoms with Crippen LogP contribution in [0.5, 0.6) is 0 Å². The van der Waals surface area contributed by atoms with Crippen LogP contribution in [-0.4, -0.2) is 41.4 Å². The van der Waals surface area contributed by atoms with Crippen molar-refractivity contribution in [1.82, 2.24) is 0 Å². The van der Waals surface area contributed by atoms with Gasteiger partial charge < -0.3 is 20.4 Å². The third kappa shape index (κ3) is 4.32. The van der Waals surface area contributed by atoms with Gasteiger partial charge in [0.15, 0.2) is 0 Å². The molecule has 0 unspecified atom stereocenters. The third-order valence-corrected chi connectivity index (χ3v) is 3.80. The number of aliphatic hydroxyl groups is 1. The number of nitrogens with one attached hydrogen (secondary N) is 1. The average molecular weight is 296 g/mol. The van der Waals surface area contributed by atoms with E-state index in [1.54, 1.807) is 19.1 Å². The number of hydrogen-bond donors (Lipinski definition) is 3. The molecule has 0 amide bonds. The first-order chi connectivity index (χ1) is 9.87. The number of carbonyl (C=O) groups is 1. The van der Waals surface area contributed by atoms with Gasteiger partial charge in [0.25, 0.3) is 0 Å². The summed E-state index contributed by atoms with van der Waals surface area (Å²) < 4.78 is 14.2. The number of benzene rings is 1. The molecule has 1 aliphatic heterocycles. The lowest BCUT2D eigenvalue weighted by molar-refractivity contribution is -0.136. The molecule has 21 heavy (non-hydrogen) atoms. The summed E-state index contributed by atoms with van der Waals surface area (Å²) in [7, 11) is 0. The minimum atomic E-state index is -0.889. The van der Waals surface area contributed by atoms with E-state index in [-0.39, 0.29) is 18.8 Å². The number of piperidine rings is 1. The van der Waals surface area contributed by atoms with Crippen LogP contribution in [0.1, 0.15) is 26.2 Å². The van der Waals surface area contributed by atoms with Crippen LogP contribution in [0.15, 0.2) is 18.2 Å². The quantitative estimate of drug-likeness (QED) is 0.775. The highest BCUT2D eigenvalue weighted by atomic mass is 19.1. The maximum Gasteiger partial charge on any atom is 0.305 e. The number of anilines is 2. The molecule has 6 heteroatoms. The molecule has 0 bridgehead atoms. The summed E-state index contributed by atoms with van der Waals surface area (Å²) in [5.41, 5.74) is 0.432. The lowest BCUT2D eigenvalue weighted by Gasteiger charge is -2.37. The Morgan fingerprint density at radius 3 is 2.67 bits per heavy atom. The van der Waals surface area contributed by atoms with Gasteiger partial charge >= 0.3 is 5.97 Å². The Hall–Kier alpha value is -1.82. The molecule has 0 spiro atoms. The van der Waals surface area contributed by atoms with Crippen molar-refractivity contribution in [1.29, 1.82) is 0 Å². The molecule has 0 atom stereocenters. The summed E-state index contributed by atoms with van der Waals surface area (Å²) in [5.74, 6) is -1.23. The van der Waals surface area contributed by atoms with Crippen molar-refractivity contribution in [3.63, 3.8) is 0 Å². The van der Waals surface area contributed by atoms with E-state index in [1.807, 2.05) is 4.90 Å². The molecule has 1 saturated heterocycles. The van der Waals surface area contributed by atoms with E-state index in [2.05, 4.69) is 5.32 Å². The predicted molar refractivity (Wildman–Crippen MR) is 79.2 cm³/mol. The molecule has 0 radical (unpaired) electrons. The highest BCUT2D eigenvalue weighted by Crippen LogP contribution is 2.29. The van der Waals surface area contributed by atoms with E-state index in [0.29, 0.717) is 37.3 Å². The van der Waals surface area contributed by atoms with Crippen LogP contribution in [0.3, 0.4) is 0 Å². The summed E-state index contributed by atoms with van der Waals surface area (Å²) >= 11 is 0. The smallest absolute Gasteiger partial charge is 0.305 e. The van der Waals surface area contributed by atoms with Gasteiger partial charge in [0, 0.05) is 25.3 Å². The number of halogens is 1. The number of carboxylic acid groups (broad SMARTS) is 1. The first-order valence-electron chi connectivity index (χ1n) is 7.10. The summed E-state index contributed by atoms with van der Waals surface area (Å²) in [4.78, 5) is 12.4. The maximum absolute atomic E-state index is 14.2. The molecule has 0 saturated carbocycles. The molecule has 1 aromatic carbocycles. The van der Waals surface area contributed by atoms with Crippen LogP contribution >= 0.6 is 0 Å². The van der Waals surface area contributed by atoms with Gasteiger partial charge in [-0.1, -0.05) is 0 Å². The van der Waals surface area contributed by atoms with E-state index in [4.69, 9.17) is 5.11 Å². The SMILES string of the molecule is CC1(O)CCN(c2ccc(NCCC(=O)O)cc2F)CC1. The zero-order chi connectivity index (χ0) is 15.5. The molecule has 0 aromatic heterocycles. The molecule has 1 heterocycles. The Labute approximate surface area is 123 Å². The average Bonchev–Trinajstić information content (AvgIpc) is 2.39. The van der Waals surface area contributed by atoms with Crippen molar-refractivity contribution >= 4 is 17.3 Å². The Morgan fingerprint density at radius 2 is 2.10 bits per heavy atom. The molecule has 3 N–H and O–H groups in total. The lowest BCUT2D eigenvalue weighted by Crippen LogP contribution is -2.42. The summed E-state index contributed by atoms with van der Waals surface area (Å²) in [6, 6.07) is 4.81.